The number of aromatic nitrogens is 1. The number of hydrogen-bond donors (Lipinski definition) is 2. The molecule has 2 N–H and O–H groups in total. The molecular formula is C14H21F2N3O. The van der Waals surface area contributed by atoms with Crippen molar-refractivity contribution in [1.29, 1.82) is 0 Å². The third-order valence-corrected chi connectivity index (χ3v) is 3.59. The van der Waals surface area contributed by atoms with E-state index in [-0.39, 0.29) is 11.6 Å². The van der Waals surface area contributed by atoms with Crippen LogP contribution in [0.25, 0.3) is 0 Å². The summed E-state index contributed by atoms with van der Waals surface area (Å²) in [5.74, 6) is -1.10. The fourth-order valence-electron chi connectivity index (χ4n) is 2.25. The summed E-state index contributed by atoms with van der Waals surface area (Å²) in [6.07, 6.45) is 1.92. The zero-order valence-corrected chi connectivity index (χ0v) is 11.9. The van der Waals surface area contributed by atoms with E-state index in [0.29, 0.717) is 32.5 Å². The van der Waals surface area contributed by atoms with Gasteiger partial charge in [-0.05, 0) is 26.2 Å². The molecule has 6 heteroatoms. The third-order valence-electron chi connectivity index (χ3n) is 3.59. The summed E-state index contributed by atoms with van der Waals surface area (Å²) >= 11 is 0. The van der Waals surface area contributed by atoms with Gasteiger partial charge in [0.15, 0.2) is 23.3 Å². The molecule has 112 valence electrons. The van der Waals surface area contributed by atoms with Crippen LogP contribution in [-0.4, -0.2) is 35.3 Å². The van der Waals surface area contributed by atoms with Gasteiger partial charge in [-0.2, -0.15) is 0 Å². The molecule has 2 heterocycles. The van der Waals surface area contributed by atoms with Gasteiger partial charge in [-0.25, -0.2) is 13.8 Å². The molecule has 1 aromatic heterocycles. The zero-order chi connectivity index (χ0) is 14.8. The van der Waals surface area contributed by atoms with E-state index in [4.69, 9.17) is 0 Å². The maximum atomic E-state index is 13.9. The number of aliphatic hydroxyl groups is 1. The Hall–Kier alpha value is -1.43. The van der Waals surface area contributed by atoms with E-state index >= 15 is 0 Å². The van der Waals surface area contributed by atoms with Crippen molar-refractivity contribution < 1.29 is 13.9 Å². The van der Waals surface area contributed by atoms with Crippen molar-refractivity contribution >= 4 is 11.6 Å². The molecule has 0 aromatic carbocycles. The highest BCUT2D eigenvalue weighted by Gasteiger charge is 2.29. The first-order valence-electron chi connectivity index (χ1n) is 7.00. The van der Waals surface area contributed by atoms with Crippen LogP contribution in [-0.2, 0) is 0 Å². The minimum Gasteiger partial charge on any atom is -0.390 e. The van der Waals surface area contributed by atoms with E-state index < -0.39 is 17.2 Å². The lowest BCUT2D eigenvalue weighted by Crippen LogP contribution is -2.43. The average molecular weight is 285 g/mol. The lowest BCUT2D eigenvalue weighted by atomic mass is 9.94. The normalized spacial score (nSPS) is 18.1. The number of hydrogen-bond acceptors (Lipinski definition) is 4. The van der Waals surface area contributed by atoms with Gasteiger partial charge in [-0.15, -0.1) is 0 Å². The summed E-state index contributed by atoms with van der Waals surface area (Å²) in [5.41, 5.74) is -0.712. The zero-order valence-electron chi connectivity index (χ0n) is 11.9. The van der Waals surface area contributed by atoms with E-state index in [0.717, 1.165) is 12.5 Å². The van der Waals surface area contributed by atoms with Crippen molar-refractivity contribution in [2.75, 3.05) is 29.9 Å². The second-order valence-corrected chi connectivity index (χ2v) is 5.53. The first kappa shape index (κ1) is 15.0. The second-order valence-electron chi connectivity index (χ2n) is 5.53. The molecule has 0 aliphatic carbocycles. The predicted molar refractivity (Wildman–Crippen MR) is 75.0 cm³/mol. The van der Waals surface area contributed by atoms with E-state index in [9.17, 15) is 13.9 Å². The molecule has 0 spiro atoms. The Bertz CT molecular complexity index is 470. The summed E-state index contributed by atoms with van der Waals surface area (Å²) in [7, 11) is 0. The lowest BCUT2D eigenvalue weighted by molar-refractivity contribution is 0.0349. The molecule has 1 fully saturated rings. The predicted octanol–water partition coefficient (Wildman–Crippen LogP) is 2.53. The van der Waals surface area contributed by atoms with Crippen LogP contribution in [0.1, 0.15) is 33.1 Å². The lowest BCUT2D eigenvalue weighted by Gasteiger charge is -2.36. The van der Waals surface area contributed by atoms with Crippen molar-refractivity contribution in [3.63, 3.8) is 0 Å². The van der Waals surface area contributed by atoms with Crippen molar-refractivity contribution in [3.05, 3.63) is 17.7 Å². The van der Waals surface area contributed by atoms with Gasteiger partial charge >= 0.3 is 0 Å². The molecule has 0 radical (unpaired) electrons. The number of rotatable bonds is 4. The van der Waals surface area contributed by atoms with Crippen LogP contribution in [0.2, 0.25) is 0 Å². The number of nitrogens with zero attached hydrogens (tertiary/aromatic N) is 2. The minimum absolute atomic E-state index is 0.0839. The Balaban J connectivity index is 2.19. The molecular weight excluding hydrogens is 264 g/mol. The van der Waals surface area contributed by atoms with Gasteiger partial charge in [0, 0.05) is 25.7 Å². The first-order chi connectivity index (χ1) is 9.43. The van der Waals surface area contributed by atoms with Gasteiger partial charge < -0.3 is 15.3 Å². The van der Waals surface area contributed by atoms with Gasteiger partial charge in [0.05, 0.1) is 5.60 Å². The van der Waals surface area contributed by atoms with Crippen molar-refractivity contribution in [3.8, 4) is 0 Å². The van der Waals surface area contributed by atoms with E-state index in [1.807, 2.05) is 6.92 Å². The molecule has 1 aromatic rings. The molecule has 0 unspecified atom stereocenters. The van der Waals surface area contributed by atoms with Crippen LogP contribution in [0.15, 0.2) is 6.07 Å². The molecule has 4 nitrogen and oxygen atoms in total. The van der Waals surface area contributed by atoms with Crippen LogP contribution in [0, 0.1) is 11.6 Å². The highest BCUT2D eigenvalue weighted by molar-refractivity contribution is 5.49. The highest BCUT2D eigenvalue weighted by Crippen LogP contribution is 2.28. The van der Waals surface area contributed by atoms with Gasteiger partial charge in [0.2, 0.25) is 0 Å². The fraction of sp³-hybridized carbons (Fsp3) is 0.643. The average Bonchev–Trinajstić information content (AvgIpc) is 2.38. The maximum Gasteiger partial charge on any atom is 0.168 e. The van der Waals surface area contributed by atoms with Crippen molar-refractivity contribution in [2.45, 2.75) is 38.7 Å². The smallest absolute Gasteiger partial charge is 0.168 e. The molecule has 0 atom stereocenters. The van der Waals surface area contributed by atoms with Gasteiger partial charge in [-0.1, -0.05) is 6.92 Å². The molecule has 0 saturated carbocycles. The SMILES string of the molecule is CCCNc1nc(N2CCC(C)(O)CC2)c(F)cc1F. The summed E-state index contributed by atoms with van der Waals surface area (Å²) in [5, 5.41) is 12.8. The summed E-state index contributed by atoms with van der Waals surface area (Å²) in [6, 6.07) is 0.868. The molecule has 1 saturated heterocycles. The first-order valence-corrected chi connectivity index (χ1v) is 7.00. The number of anilines is 2. The number of halogens is 2. The van der Waals surface area contributed by atoms with Crippen molar-refractivity contribution in [1.82, 2.24) is 4.98 Å². The van der Waals surface area contributed by atoms with Crippen LogP contribution in [0.5, 0.6) is 0 Å². The second kappa shape index (κ2) is 5.91. The van der Waals surface area contributed by atoms with Crippen LogP contribution in [0.4, 0.5) is 20.4 Å². The van der Waals surface area contributed by atoms with Gasteiger partial charge in [0.25, 0.3) is 0 Å². The van der Waals surface area contributed by atoms with Crippen LogP contribution in [0.3, 0.4) is 0 Å². The standard InChI is InChI=1S/C14H21F2N3O/c1-3-6-17-12-10(15)9-11(16)13(18-12)19-7-4-14(2,20)5-8-19/h9,20H,3-8H2,1-2H3,(H,17,18). The largest absolute Gasteiger partial charge is 0.390 e. The topological polar surface area (TPSA) is 48.4 Å². The molecule has 0 amide bonds. The highest BCUT2D eigenvalue weighted by atomic mass is 19.1. The number of pyridine rings is 1. The molecule has 2 rings (SSSR count). The van der Waals surface area contributed by atoms with E-state index in [1.54, 1.807) is 11.8 Å². The Morgan fingerprint density at radius 3 is 2.60 bits per heavy atom. The number of nitrogens with one attached hydrogen (secondary N) is 1. The molecule has 20 heavy (non-hydrogen) atoms. The molecule has 1 aliphatic heterocycles. The maximum absolute atomic E-state index is 13.9. The van der Waals surface area contributed by atoms with Crippen LogP contribution >= 0.6 is 0 Å². The summed E-state index contributed by atoms with van der Waals surface area (Å²) in [6.45, 7) is 5.34. The van der Waals surface area contributed by atoms with E-state index in [2.05, 4.69) is 10.3 Å². The number of piperidine rings is 1. The fourth-order valence-corrected chi connectivity index (χ4v) is 2.25. The molecule has 1 aliphatic rings. The minimum atomic E-state index is -0.712. The summed E-state index contributed by atoms with van der Waals surface area (Å²) in [4.78, 5) is 5.82. The third kappa shape index (κ3) is 3.36. The monoisotopic (exact) mass is 285 g/mol. The quantitative estimate of drug-likeness (QED) is 0.892. The summed E-state index contributed by atoms with van der Waals surface area (Å²) < 4.78 is 27.5. The van der Waals surface area contributed by atoms with Gasteiger partial charge in [0.1, 0.15) is 0 Å². The Morgan fingerprint density at radius 2 is 2.00 bits per heavy atom. The Kier molecular flexibility index (Phi) is 4.42. The van der Waals surface area contributed by atoms with E-state index in [1.165, 1.54) is 0 Å². The Morgan fingerprint density at radius 1 is 1.35 bits per heavy atom. The van der Waals surface area contributed by atoms with Gasteiger partial charge in [-0.3, -0.25) is 0 Å². The molecule has 0 bridgehead atoms. The van der Waals surface area contributed by atoms with Crippen LogP contribution < -0.4 is 10.2 Å². The van der Waals surface area contributed by atoms with Crippen molar-refractivity contribution in [2.24, 2.45) is 0 Å². The Labute approximate surface area is 117 Å².